The minimum Gasteiger partial charge on any atom is -0.212 e. The van der Waals surface area contributed by atoms with Crippen LogP contribution in [0.5, 0.6) is 0 Å². The summed E-state index contributed by atoms with van der Waals surface area (Å²) < 4.78 is 24.9. The third kappa shape index (κ3) is 4.46. The Morgan fingerprint density at radius 2 is 1.93 bits per heavy atom. The molecule has 0 radical (unpaired) electrons. The number of hydrogen-bond donors (Lipinski definition) is 1. The zero-order valence-electron chi connectivity index (χ0n) is 8.27. The second kappa shape index (κ2) is 5.30. The van der Waals surface area contributed by atoms with Crippen molar-refractivity contribution in [2.45, 2.75) is 6.92 Å². The third-order valence-electron chi connectivity index (χ3n) is 1.66. The van der Waals surface area contributed by atoms with Gasteiger partial charge >= 0.3 is 0 Å². The topological polar surface area (TPSA) is 46.2 Å². The molecule has 1 aromatic rings. The molecule has 0 aliphatic heterocycles. The van der Waals surface area contributed by atoms with Gasteiger partial charge in [0.1, 0.15) is 0 Å². The fourth-order valence-electron chi connectivity index (χ4n) is 0.991. The summed E-state index contributed by atoms with van der Waals surface area (Å²) in [5.74, 6) is 0. The molecule has 0 aliphatic carbocycles. The van der Waals surface area contributed by atoms with Crippen molar-refractivity contribution in [2.24, 2.45) is 0 Å². The maximum absolute atomic E-state index is 11.2. The zero-order chi connectivity index (χ0) is 11.3. The number of sulfonamides is 1. The fraction of sp³-hybridized carbons (Fsp3) is 0.200. The van der Waals surface area contributed by atoms with Crippen LogP contribution >= 0.6 is 11.6 Å². The van der Waals surface area contributed by atoms with Crippen molar-refractivity contribution < 1.29 is 8.42 Å². The van der Waals surface area contributed by atoms with E-state index >= 15 is 0 Å². The Hall–Kier alpha value is -0.840. The van der Waals surface area contributed by atoms with E-state index in [0.29, 0.717) is 11.6 Å². The smallest absolute Gasteiger partial charge is 0.212 e. The van der Waals surface area contributed by atoms with Crippen LogP contribution in [0.4, 0.5) is 0 Å². The van der Waals surface area contributed by atoms with Gasteiger partial charge in [0.15, 0.2) is 0 Å². The van der Waals surface area contributed by atoms with Gasteiger partial charge in [-0.15, -0.1) is 0 Å². The average molecular weight is 246 g/mol. The lowest BCUT2D eigenvalue weighted by Crippen LogP contribution is -2.20. The van der Waals surface area contributed by atoms with E-state index in [9.17, 15) is 8.42 Å². The Balaban J connectivity index is 2.78. The number of nitrogens with one attached hydrogen (secondary N) is 1. The van der Waals surface area contributed by atoms with Crippen molar-refractivity contribution in [1.29, 1.82) is 0 Å². The van der Waals surface area contributed by atoms with Crippen molar-refractivity contribution >= 4 is 27.7 Å². The molecule has 0 fully saturated rings. The van der Waals surface area contributed by atoms with E-state index in [1.807, 2.05) is 0 Å². The highest BCUT2D eigenvalue weighted by atomic mass is 35.5. The van der Waals surface area contributed by atoms with E-state index in [1.165, 1.54) is 6.08 Å². The average Bonchev–Trinajstić information content (AvgIpc) is 2.17. The fourth-order valence-corrected chi connectivity index (χ4v) is 1.95. The lowest BCUT2D eigenvalue weighted by molar-refractivity contribution is 0.593. The maximum atomic E-state index is 11.2. The third-order valence-corrected chi connectivity index (χ3v) is 3.09. The number of hydrogen-bond acceptors (Lipinski definition) is 2. The largest absolute Gasteiger partial charge is 0.233 e. The van der Waals surface area contributed by atoms with E-state index in [0.717, 1.165) is 11.0 Å². The van der Waals surface area contributed by atoms with Crippen molar-refractivity contribution in [3.05, 3.63) is 40.3 Å². The van der Waals surface area contributed by atoms with Gasteiger partial charge in [0.2, 0.25) is 10.0 Å². The van der Waals surface area contributed by atoms with Crippen molar-refractivity contribution in [3.8, 4) is 0 Å². The van der Waals surface area contributed by atoms with E-state index in [1.54, 1.807) is 31.2 Å². The molecule has 0 saturated heterocycles. The molecule has 0 spiro atoms. The Bertz CT molecular complexity index is 437. The van der Waals surface area contributed by atoms with Crippen LogP contribution in [0.3, 0.4) is 0 Å². The highest BCUT2D eigenvalue weighted by molar-refractivity contribution is 7.92. The van der Waals surface area contributed by atoms with Crippen LogP contribution in [-0.4, -0.2) is 15.0 Å². The SMILES string of the molecule is CCNS(=O)(=O)/C=C/c1ccc(Cl)cc1. The summed E-state index contributed by atoms with van der Waals surface area (Å²) in [6.45, 7) is 2.11. The van der Waals surface area contributed by atoms with Gasteiger partial charge in [-0.1, -0.05) is 30.7 Å². The summed E-state index contributed by atoms with van der Waals surface area (Å²) in [7, 11) is -3.30. The van der Waals surface area contributed by atoms with Gasteiger partial charge in [-0.3, -0.25) is 0 Å². The van der Waals surface area contributed by atoms with E-state index in [4.69, 9.17) is 11.6 Å². The van der Waals surface area contributed by atoms with Crippen LogP contribution < -0.4 is 4.72 Å². The van der Waals surface area contributed by atoms with E-state index in [-0.39, 0.29) is 0 Å². The Labute approximate surface area is 94.8 Å². The molecule has 1 N–H and O–H groups in total. The zero-order valence-corrected chi connectivity index (χ0v) is 9.85. The van der Waals surface area contributed by atoms with E-state index < -0.39 is 10.0 Å². The first-order chi connectivity index (χ1) is 7.03. The summed E-state index contributed by atoms with van der Waals surface area (Å²) in [5.41, 5.74) is 0.792. The summed E-state index contributed by atoms with van der Waals surface area (Å²) in [5, 5.41) is 1.77. The molecule has 0 heterocycles. The number of benzene rings is 1. The van der Waals surface area contributed by atoms with Gasteiger partial charge in [-0.25, -0.2) is 13.1 Å². The predicted octanol–water partition coefficient (Wildman–Crippen LogP) is 2.25. The first kappa shape index (κ1) is 12.2. The van der Waals surface area contributed by atoms with Gasteiger partial charge < -0.3 is 0 Å². The highest BCUT2D eigenvalue weighted by Crippen LogP contribution is 2.10. The first-order valence-corrected chi connectivity index (χ1v) is 6.39. The predicted molar refractivity (Wildman–Crippen MR) is 63.1 cm³/mol. The second-order valence-corrected chi connectivity index (χ2v) is 4.98. The molecule has 3 nitrogen and oxygen atoms in total. The summed E-state index contributed by atoms with van der Waals surface area (Å²) in [6.07, 6.45) is 1.52. The van der Waals surface area contributed by atoms with Gasteiger partial charge in [0, 0.05) is 17.0 Å². The molecule has 1 aromatic carbocycles. The quantitative estimate of drug-likeness (QED) is 0.885. The monoisotopic (exact) mass is 245 g/mol. The van der Waals surface area contributed by atoms with Gasteiger partial charge in [0.05, 0.1) is 0 Å². The van der Waals surface area contributed by atoms with Crippen LogP contribution in [0.1, 0.15) is 12.5 Å². The minimum atomic E-state index is -3.30. The molecule has 5 heteroatoms. The standard InChI is InChI=1S/C10H12ClNO2S/c1-2-12-15(13,14)8-7-9-3-5-10(11)6-4-9/h3-8,12H,2H2,1H3/b8-7+. The lowest BCUT2D eigenvalue weighted by atomic mass is 10.2. The lowest BCUT2D eigenvalue weighted by Gasteiger charge is -1.97. The van der Waals surface area contributed by atoms with Crippen molar-refractivity contribution in [1.82, 2.24) is 4.72 Å². The molecule has 0 aliphatic rings. The van der Waals surface area contributed by atoms with Crippen LogP contribution in [0, 0.1) is 0 Å². The number of rotatable bonds is 4. The van der Waals surface area contributed by atoms with Crippen LogP contribution in [0.15, 0.2) is 29.7 Å². The van der Waals surface area contributed by atoms with Crippen molar-refractivity contribution in [2.75, 3.05) is 6.54 Å². The molecule has 15 heavy (non-hydrogen) atoms. The molecule has 0 bridgehead atoms. The first-order valence-electron chi connectivity index (χ1n) is 4.47. The molecule has 0 atom stereocenters. The van der Waals surface area contributed by atoms with Crippen LogP contribution in [0.25, 0.3) is 6.08 Å². The minimum absolute atomic E-state index is 0.382. The normalized spacial score (nSPS) is 12.1. The molecule has 82 valence electrons. The molecule has 0 unspecified atom stereocenters. The van der Waals surface area contributed by atoms with Gasteiger partial charge in [-0.05, 0) is 23.8 Å². The Morgan fingerprint density at radius 3 is 2.47 bits per heavy atom. The molecular formula is C10H12ClNO2S. The summed E-state index contributed by atoms with van der Waals surface area (Å²) in [6, 6.07) is 6.92. The van der Waals surface area contributed by atoms with Crippen molar-refractivity contribution in [3.63, 3.8) is 0 Å². The number of halogens is 1. The summed E-state index contributed by atoms with van der Waals surface area (Å²) >= 11 is 5.70. The van der Waals surface area contributed by atoms with Gasteiger partial charge in [0.25, 0.3) is 0 Å². The molecule has 0 saturated carbocycles. The summed E-state index contributed by atoms with van der Waals surface area (Å²) in [4.78, 5) is 0. The van der Waals surface area contributed by atoms with E-state index in [2.05, 4.69) is 4.72 Å². The Kier molecular flexibility index (Phi) is 4.32. The van der Waals surface area contributed by atoms with Crippen LogP contribution in [0.2, 0.25) is 5.02 Å². The molecule has 1 rings (SSSR count). The van der Waals surface area contributed by atoms with Gasteiger partial charge in [-0.2, -0.15) is 0 Å². The molecular weight excluding hydrogens is 234 g/mol. The Morgan fingerprint density at radius 1 is 1.33 bits per heavy atom. The second-order valence-electron chi connectivity index (χ2n) is 2.90. The molecule has 0 aromatic heterocycles. The molecule has 0 amide bonds. The maximum Gasteiger partial charge on any atom is 0.233 e. The van der Waals surface area contributed by atoms with Crippen LogP contribution in [-0.2, 0) is 10.0 Å². The highest BCUT2D eigenvalue weighted by Gasteiger charge is 2.00.